The van der Waals surface area contributed by atoms with E-state index in [1.54, 1.807) is 18.4 Å². The number of hydrogen-bond donors (Lipinski definition) is 1. The molecule has 2 rings (SSSR count). The van der Waals surface area contributed by atoms with E-state index in [1.807, 2.05) is 6.07 Å². The van der Waals surface area contributed by atoms with Crippen molar-refractivity contribution >= 4 is 43.2 Å². The third-order valence-corrected chi connectivity index (χ3v) is 5.54. The molecule has 1 heterocycles. The van der Waals surface area contributed by atoms with Crippen molar-refractivity contribution in [3.63, 3.8) is 0 Å². The van der Waals surface area contributed by atoms with Crippen LogP contribution in [0.4, 0.5) is 0 Å². The Bertz CT molecular complexity index is 603. The summed E-state index contributed by atoms with van der Waals surface area (Å²) in [5.41, 5.74) is 8.46. The van der Waals surface area contributed by atoms with Gasteiger partial charge in [-0.3, -0.25) is 4.90 Å². The fraction of sp³-hybridized carbons (Fsp3) is 0.333. The van der Waals surface area contributed by atoms with Gasteiger partial charge in [0.15, 0.2) is 0 Å². The van der Waals surface area contributed by atoms with Crippen molar-refractivity contribution in [1.82, 2.24) is 4.90 Å². The third kappa shape index (κ3) is 4.29. The summed E-state index contributed by atoms with van der Waals surface area (Å²) in [5.74, 6) is 0.832. The van der Waals surface area contributed by atoms with E-state index in [-0.39, 0.29) is 6.04 Å². The second-order valence-corrected chi connectivity index (χ2v) is 7.96. The molecule has 0 saturated carbocycles. The van der Waals surface area contributed by atoms with Gasteiger partial charge < -0.3 is 10.5 Å². The molecule has 0 aliphatic carbocycles. The molecule has 0 bridgehead atoms. The van der Waals surface area contributed by atoms with Crippen LogP contribution in [0.1, 0.15) is 17.2 Å². The smallest absolute Gasteiger partial charge is 0.133 e. The van der Waals surface area contributed by atoms with Crippen molar-refractivity contribution in [1.29, 1.82) is 0 Å². The summed E-state index contributed by atoms with van der Waals surface area (Å²) in [6, 6.07) is 8.44. The maximum Gasteiger partial charge on any atom is 0.133 e. The van der Waals surface area contributed by atoms with E-state index >= 15 is 0 Å². The topological polar surface area (TPSA) is 38.5 Å². The molecule has 6 heteroatoms. The third-order valence-electron chi connectivity index (χ3n) is 3.37. The molecule has 2 aromatic rings. The number of nitrogens with two attached hydrogens (primary N) is 1. The summed E-state index contributed by atoms with van der Waals surface area (Å²) in [6.07, 6.45) is 0. The van der Waals surface area contributed by atoms with Crippen LogP contribution in [0, 0.1) is 0 Å². The van der Waals surface area contributed by atoms with Crippen LogP contribution >= 0.6 is 43.2 Å². The molecule has 3 nitrogen and oxygen atoms in total. The number of likely N-dealkylation sites (N-methyl/N-ethyl adjacent to an activating group) is 1. The largest absolute Gasteiger partial charge is 0.496 e. The molecule has 0 fully saturated rings. The molecule has 0 radical (unpaired) electrons. The zero-order chi connectivity index (χ0) is 15.4. The summed E-state index contributed by atoms with van der Waals surface area (Å²) in [6.45, 7) is 1.44. The average molecular weight is 434 g/mol. The number of ether oxygens (including phenoxy) is 1. The van der Waals surface area contributed by atoms with E-state index < -0.39 is 0 Å². The number of thiophene rings is 1. The van der Waals surface area contributed by atoms with E-state index in [1.165, 1.54) is 11.1 Å². The summed E-state index contributed by atoms with van der Waals surface area (Å²) in [4.78, 5) is 2.27. The highest BCUT2D eigenvalue weighted by Gasteiger charge is 2.17. The fourth-order valence-electron chi connectivity index (χ4n) is 2.29. The highest BCUT2D eigenvalue weighted by atomic mass is 79.9. The lowest BCUT2D eigenvalue weighted by molar-refractivity contribution is 0.242. The van der Waals surface area contributed by atoms with Crippen LogP contribution in [0.25, 0.3) is 0 Å². The van der Waals surface area contributed by atoms with Gasteiger partial charge in [-0.2, -0.15) is 0 Å². The molecular formula is C15H18Br2N2OS. The number of halogens is 2. The predicted octanol–water partition coefficient (Wildman–Crippen LogP) is 4.41. The molecule has 0 aliphatic heterocycles. The zero-order valence-corrected chi connectivity index (χ0v) is 16.0. The van der Waals surface area contributed by atoms with Gasteiger partial charge in [0.25, 0.3) is 0 Å². The average Bonchev–Trinajstić information content (AvgIpc) is 2.85. The molecule has 0 amide bonds. The Labute approximate surface area is 146 Å². The van der Waals surface area contributed by atoms with Crippen molar-refractivity contribution in [2.24, 2.45) is 5.73 Å². The number of methoxy groups -OCH3 is 1. The lowest BCUT2D eigenvalue weighted by atomic mass is 10.1. The van der Waals surface area contributed by atoms with Gasteiger partial charge in [0, 0.05) is 19.1 Å². The standard InChI is InChI=1S/C15H18Br2N2OS/c1-19(8-10-5-15(17)21-9-10)13(7-18)11-3-4-14(20-2)12(16)6-11/h3-6,9,13H,7-8,18H2,1-2H3. The Morgan fingerprint density at radius 2 is 2.10 bits per heavy atom. The molecule has 1 aromatic carbocycles. The summed E-state index contributed by atoms with van der Waals surface area (Å²) >= 11 is 8.74. The molecule has 1 atom stereocenters. The lowest BCUT2D eigenvalue weighted by Crippen LogP contribution is -2.30. The van der Waals surface area contributed by atoms with E-state index in [0.29, 0.717) is 6.54 Å². The van der Waals surface area contributed by atoms with Crippen molar-refractivity contribution < 1.29 is 4.74 Å². The molecule has 0 aliphatic rings. The minimum atomic E-state index is 0.172. The van der Waals surface area contributed by atoms with Crippen LogP contribution in [-0.2, 0) is 6.54 Å². The number of benzene rings is 1. The van der Waals surface area contributed by atoms with Crippen molar-refractivity contribution in [2.75, 3.05) is 20.7 Å². The Hall–Kier alpha value is -0.400. The van der Waals surface area contributed by atoms with E-state index in [2.05, 4.69) is 67.4 Å². The van der Waals surface area contributed by atoms with Gasteiger partial charge in [-0.25, -0.2) is 0 Å². The predicted molar refractivity (Wildman–Crippen MR) is 96.0 cm³/mol. The van der Waals surface area contributed by atoms with Crippen LogP contribution in [0.2, 0.25) is 0 Å². The Morgan fingerprint density at radius 3 is 2.62 bits per heavy atom. The summed E-state index contributed by atoms with van der Waals surface area (Å²) in [7, 11) is 3.77. The first-order chi connectivity index (χ1) is 10.0. The number of nitrogens with zero attached hydrogens (tertiary/aromatic N) is 1. The normalized spacial score (nSPS) is 12.7. The second-order valence-electron chi connectivity index (χ2n) is 4.82. The van der Waals surface area contributed by atoms with E-state index in [9.17, 15) is 0 Å². The van der Waals surface area contributed by atoms with Gasteiger partial charge >= 0.3 is 0 Å². The number of rotatable bonds is 6. The first-order valence-corrected chi connectivity index (χ1v) is 8.98. The van der Waals surface area contributed by atoms with E-state index in [4.69, 9.17) is 10.5 Å². The van der Waals surface area contributed by atoms with Crippen LogP contribution < -0.4 is 10.5 Å². The molecule has 21 heavy (non-hydrogen) atoms. The molecular weight excluding hydrogens is 416 g/mol. The highest BCUT2D eigenvalue weighted by Crippen LogP contribution is 2.30. The Balaban J connectivity index is 2.16. The van der Waals surface area contributed by atoms with Crippen LogP contribution in [0.15, 0.2) is 37.9 Å². The SMILES string of the molecule is COc1ccc(C(CN)N(C)Cc2csc(Br)c2)cc1Br. The molecule has 0 spiro atoms. The summed E-state index contributed by atoms with van der Waals surface area (Å²) in [5, 5.41) is 2.16. The molecule has 1 aromatic heterocycles. The van der Waals surface area contributed by atoms with E-state index in [0.717, 1.165) is 20.6 Å². The molecule has 114 valence electrons. The van der Waals surface area contributed by atoms with Crippen LogP contribution in [-0.4, -0.2) is 25.6 Å². The zero-order valence-electron chi connectivity index (χ0n) is 12.0. The highest BCUT2D eigenvalue weighted by molar-refractivity contribution is 9.11. The van der Waals surface area contributed by atoms with Crippen LogP contribution in [0.3, 0.4) is 0 Å². The van der Waals surface area contributed by atoms with Crippen molar-refractivity contribution in [2.45, 2.75) is 12.6 Å². The Morgan fingerprint density at radius 1 is 1.33 bits per heavy atom. The fourth-order valence-corrected chi connectivity index (χ4v) is 4.05. The minimum absolute atomic E-state index is 0.172. The van der Waals surface area contributed by atoms with Gasteiger partial charge in [0.2, 0.25) is 0 Å². The van der Waals surface area contributed by atoms with Gasteiger partial charge in [0.05, 0.1) is 15.4 Å². The van der Waals surface area contributed by atoms with Gasteiger partial charge in [-0.05, 0) is 73.6 Å². The number of hydrogen-bond acceptors (Lipinski definition) is 4. The van der Waals surface area contributed by atoms with Gasteiger partial charge in [-0.1, -0.05) is 6.07 Å². The maximum absolute atomic E-state index is 5.99. The second kappa shape index (κ2) is 7.74. The monoisotopic (exact) mass is 432 g/mol. The summed E-state index contributed by atoms with van der Waals surface area (Å²) < 4.78 is 7.38. The quantitative estimate of drug-likeness (QED) is 0.732. The lowest BCUT2D eigenvalue weighted by Gasteiger charge is -2.27. The molecule has 2 N–H and O–H groups in total. The van der Waals surface area contributed by atoms with Crippen molar-refractivity contribution in [3.05, 3.63) is 49.0 Å². The van der Waals surface area contributed by atoms with Gasteiger partial charge in [0.1, 0.15) is 5.75 Å². The molecule has 0 saturated heterocycles. The first-order valence-electron chi connectivity index (χ1n) is 6.51. The first kappa shape index (κ1) is 17.0. The Kier molecular flexibility index (Phi) is 6.25. The maximum atomic E-state index is 5.99. The molecule has 1 unspecified atom stereocenters. The van der Waals surface area contributed by atoms with Gasteiger partial charge in [-0.15, -0.1) is 11.3 Å². The minimum Gasteiger partial charge on any atom is -0.496 e. The van der Waals surface area contributed by atoms with Crippen LogP contribution in [0.5, 0.6) is 5.75 Å². The van der Waals surface area contributed by atoms with Crippen molar-refractivity contribution in [3.8, 4) is 5.75 Å².